The molecule has 1 aromatic heterocycles. The van der Waals surface area contributed by atoms with Gasteiger partial charge in [0.15, 0.2) is 11.5 Å². The molecule has 10 heteroatoms. The number of carbonyl (C=O) groups excluding carboxylic acids is 2. The van der Waals surface area contributed by atoms with Crippen molar-refractivity contribution >= 4 is 34.1 Å². The fourth-order valence-electron chi connectivity index (χ4n) is 5.42. The van der Waals surface area contributed by atoms with Crippen LogP contribution in [0.1, 0.15) is 30.5 Å². The number of fused-ring (bicyclic) bond motifs is 4. The molecule has 0 saturated heterocycles. The van der Waals surface area contributed by atoms with E-state index in [4.69, 9.17) is 14.2 Å². The molecule has 3 aromatic carbocycles. The van der Waals surface area contributed by atoms with Gasteiger partial charge < -0.3 is 35.1 Å². The molecule has 41 heavy (non-hydrogen) atoms. The van der Waals surface area contributed by atoms with E-state index >= 15 is 0 Å². The standard InChI is InChI=1S/C31H32N4O6/c1-17(36)34-24-10-8-18-14-27(39-2)30(40-3)31(41-4)29(18)19-9-11-25(26(37)15-21(19)24)33-16-28(38)35-23-7-5-6-22-20(23)12-13-32-22/h5-7,9,11-15,24,32H,8,10,16H2,1-4H3,(H,33,37)(H,34,36)(H,35,38). The first-order valence-electron chi connectivity index (χ1n) is 13.2. The zero-order chi connectivity index (χ0) is 29.1. The smallest absolute Gasteiger partial charge is 0.243 e. The van der Waals surface area contributed by atoms with Gasteiger partial charge in [0.2, 0.25) is 23.0 Å². The van der Waals surface area contributed by atoms with E-state index in [0.717, 1.165) is 22.0 Å². The number of aromatic nitrogens is 1. The Morgan fingerprint density at radius 1 is 0.976 bits per heavy atom. The second-order valence-electron chi connectivity index (χ2n) is 9.74. The fraction of sp³-hybridized carbons (Fsp3) is 0.258. The van der Waals surface area contributed by atoms with Crippen LogP contribution in [0.2, 0.25) is 0 Å². The first-order valence-corrected chi connectivity index (χ1v) is 13.2. The van der Waals surface area contributed by atoms with Gasteiger partial charge in [-0.25, -0.2) is 0 Å². The van der Waals surface area contributed by atoms with E-state index in [1.165, 1.54) is 20.1 Å². The Labute approximate surface area is 237 Å². The predicted octanol–water partition coefficient (Wildman–Crippen LogP) is 4.39. The van der Waals surface area contributed by atoms with Crippen molar-refractivity contribution in [3.05, 3.63) is 76.1 Å². The molecule has 0 fully saturated rings. The Kier molecular flexibility index (Phi) is 7.82. The van der Waals surface area contributed by atoms with Crippen LogP contribution in [0.4, 0.5) is 11.4 Å². The van der Waals surface area contributed by atoms with E-state index in [-0.39, 0.29) is 29.5 Å². The molecule has 0 radical (unpaired) electrons. The highest BCUT2D eigenvalue weighted by atomic mass is 16.5. The minimum atomic E-state index is -0.422. The van der Waals surface area contributed by atoms with Crippen LogP contribution in [0.15, 0.2) is 59.5 Å². The number of methoxy groups -OCH3 is 3. The maximum Gasteiger partial charge on any atom is 0.243 e. The lowest BCUT2D eigenvalue weighted by molar-refractivity contribution is -0.119. The molecular weight excluding hydrogens is 524 g/mol. The van der Waals surface area contributed by atoms with Crippen molar-refractivity contribution < 1.29 is 23.8 Å². The quantitative estimate of drug-likeness (QED) is 0.253. The van der Waals surface area contributed by atoms with Crippen LogP contribution >= 0.6 is 0 Å². The molecule has 1 unspecified atom stereocenters. The second-order valence-corrected chi connectivity index (χ2v) is 9.74. The number of rotatable bonds is 8. The molecular formula is C31H32N4O6. The third-order valence-corrected chi connectivity index (χ3v) is 7.22. The third kappa shape index (κ3) is 5.41. The van der Waals surface area contributed by atoms with Gasteiger partial charge in [0.05, 0.1) is 45.3 Å². The lowest BCUT2D eigenvalue weighted by Crippen LogP contribution is -2.27. The van der Waals surface area contributed by atoms with Crippen molar-refractivity contribution in [2.75, 3.05) is 38.5 Å². The third-order valence-electron chi connectivity index (χ3n) is 7.22. The molecule has 0 saturated carbocycles. The van der Waals surface area contributed by atoms with Crippen molar-refractivity contribution in [3.63, 3.8) is 0 Å². The van der Waals surface area contributed by atoms with Gasteiger partial charge in [-0.05, 0) is 65.9 Å². The monoisotopic (exact) mass is 556 g/mol. The Hall–Kier alpha value is -4.99. The number of anilines is 2. The number of hydrogen-bond acceptors (Lipinski definition) is 7. The van der Waals surface area contributed by atoms with Gasteiger partial charge in [0.1, 0.15) is 0 Å². The Bertz CT molecular complexity index is 1700. The van der Waals surface area contributed by atoms with Gasteiger partial charge in [0, 0.05) is 29.6 Å². The molecule has 0 aliphatic heterocycles. The van der Waals surface area contributed by atoms with Crippen molar-refractivity contribution in [1.82, 2.24) is 10.3 Å². The van der Waals surface area contributed by atoms with Gasteiger partial charge in [0.25, 0.3) is 0 Å². The summed E-state index contributed by atoms with van der Waals surface area (Å²) in [6, 6.07) is 13.9. The van der Waals surface area contributed by atoms with E-state index in [9.17, 15) is 14.4 Å². The molecule has 1 aliphatic carbocycles. The number of benzene rings is 2. The Morgan fingerprint density at radius 2 is 1.78 bits per heavy atom. The predicted molar refractivity (Wildman–Crippen MR) is 158 cm³/mol. The summed E-state index contributed by atoms with van der Waals surface area (Å²) in [6.07, 6.45) is 2.96. The average molecular weight is 557 g/mol. The average Bonchev–Trinajstić information content (AvgIpc) is 3.33. The summed E-state index contributed by atoms with van der Waals surface area (Å²) in [7, 11) is 4.65. The van der Waals surface area contributed by atoms with Gasteiger partial charge >= 0.3 is 0 Å². The van der Waals surface area contributed by atoms with Crippen LogP contribution in [-0.4, -0.2) is 44.7 Å². The number of ether oxygens (including phenoxy) is 3. The second kappa shape index (κ2) is 11.6. The van der Waals surface area contributed by atoms with E-state index < -0.39 is 6.04 Å². The number of carbonyl (C=O) groups is 2. The van der Waals surface area contributed by atoms with Crippen LogP contribution in [0, 0.1) is 0 Å². The largest absolute Gasteiger partial charge is 0.493 e. The molecule has 4 N–H and O–H groups in total. The maximum absolute atomic E-state index is 13.4. The van der Waals surface area contributed by atoms with Crippen LogP contribution in [0.25, 0.3) is 22.0 Å². The first kappa shape index (κ1) is 27.6. The lowest BCUT2D eigenvalue weighted by Gasteiger charge is -2.19. The molecule has 10 nitrogen and oxygen atoms in total. The van der Waals surface area contributed by atoms with Crippen LogP contribution in [0.3, 0.4) is 0 Å². The van der Waals surface area contributed by atoms with Crippen molar-refractivity contribution in [3.8, 4) is 28.4 Å². The van der Waals surface area contributed by atoms with E-state index in [0.29, 0.717) is 46.9 Å². The molecule has 0 bridgehead atoms. The summed E-state index contributed by atoms with van der Waals surface area (Å²) in [5.74, 6) is 0.916. The zero-order valence-corrected chi connectivity index (χ0v) is 23.3. The van der Waals surface area contributed by atoms with Gasteiger partial charge in [-0.3, -0.25) is 14.4 Å². The lowest BCUT2D eigenvalue weighted by atomic mass is 9.95. The minimum Gasteiger partial charge on any atom is -0.493 e. The first-order chi connectivity index (χ1) is 19.8. The van der Waals surface area contributed by atoms with Crippen LogP contribution in [0.5, 0.6) is 17.2 Å². The number of aryl methyl sites for hydroxylation is 1. The van der Waals surface area contributed by atoms with Gasteiger partial charge in [-0.2, -0.15) is 0 Å². The molecule has 0 spiro atoms. The SMILES string of the molecule is COc1cc2c(c(OC)c1OC)-c1ccc(NCC(=O)Nc3cccc4[nH]ccc34)c(=O)cc1C(NC(C)=O)CC2. The molecule has 1 atom stereocenters. The number of nitrogens with one attached hydrogen (secondary N) is 4. The molecule has 5 rings (SSSR count). The normalized spacial score (nSPS) is 13.8. The number of amides is 2. The zero-order valence-electron chi connectivity index (χ0n) is 23.3. The van der Waals surface area contributed by atoms with Gasteiger partial charge in [-0.1, -0.05) is 12.1 Å². The molecule has 4 aromatic rings. The number of aromatic amines is 1. The van der Waals surface area contributed by atoms with Crippen molar-refractivity contribution in [2.24, 2.45) is 0 Å². The minimum absolute atomic E-state index is 0.120. The Balaban J connectivity index is 1.53. The highest BCUT2D eigenvalue weighted by molar-refractivity contribution is 6.02. The molecule has 1 aliphatic rings. The van der Waals surface area contributed by atoms with E-state index in [1.807, 2.05) is 42.6 Å². The van der Waals surface area contributed by atoms with Crippen molar-refractivity contribution in [1.29, 1.82) is 0 Å². The van der Waals surface area contributed by atoms with E-state index in [2.05, 4.69) is 20.9 Å². The number of hydrogen-bond donors (Lipinski definition) is 4. The summed E-state index contributed by atoms with van der Waals surface area (Å²) in [6.45, 7) is 1.33. The molecule has 1 heterocycles. The van der Waals surface area contributed by atoms with E-state index in [1.54, 1.807) is 20.3 Å². The maximum atomic E-state index is 13.4. The fourth-order valence-corrected chi connectivity index (χ4v) is 5.42. The Morgan fingerprint density at radius 3 is 2.51 bits per heavy atom. The summed E-state index contributed by atoms with van der Waals surface area (Å²) in [5.41, 5.74) is 4.56. The molecule has 212 valence electrons. The summed E-state index contributed by atoms with van der Waals surface area (Å²) in [5, 5.41) is 9.77. The van der Waals surface area contributed by atoms with Gasteiger partial charge in [-0.15, -0.1) is 0 Å². The van der Waals surface area contributed by atoms with Crippen LogP contribution < -0.4 is 35.6 Å². The van der Waals surface area contributed by atoms with Crippen LogP contribution in [-0.2, 0) is 16.0 Å². The highest BCUT2D eigenvalue weighted by Crippen LogP contribution is 2.50. The highest BCUT2D eigenvalue weighted by Gasteiger charge is 2.29. The topological polar surface area (TPSA) is 131 Å². The van der Waals surface area contributed by atoms with Crippen molar-refractivity contribution in [2.45, 2.75) is 25.8 Å². The summed E-state index contributed by atoms with van der Waals surface area (Å²) >= 11 is 0. The summed E-state index contributed by atoms with van der Waals surface area (Å²) in [4.78, 5) is 41.5. The summed E-state index contributed by atoms with van der Waals surface area (Å²) < 4.78 is 17.0. The molecule has 2 amide bonds. The number of H-pyrrole nitrogens is 1.